The van der Waals surface area contributed by atoms with E-state index in [2.05, 4.69) is 20.9 Å². The molecule has 9 heteroatoms. The van der Waals surface area contributed by atoms with E-state index in [0.29, 0.717) is 11.5 Å². The van der Waals surface area contributed by atoms with Crippen LogP contribution in [0.4, 0.5) is 22.0 Å². The van der Waals surface area contributed by atoms with Crippen molar-refractivity contribution in [1.82, 2.24) is 10.3 Å². The van der Waals surface area contributed by atoms with E-state index in [1.807, 2.05) is 60.8 Å². The van der Waals surface area contributed by atoms with Crippen LogP contribution >= 0.6 is 11.3 Å². The number of thiophene rings is 1. The molecule has 178 valence electrons. The third-order valence-electron chi connectivity index (χ3n) is 5.21. The summed E-state index contributed by atoms with van der Waals surface area (Å²) < 4.78 is 0.915. The van der Waals surface area contributed by atoms with Crippen LogP contribution in [0.1, 0.15) is 11.1 Å². The second kappa shape index (κ2) is 10.8. The van der Waals surface area contributed by atoms with Gasteiger partial charge in [0.2, 0.25) is 5.91 Å². The summed E-state index contributed by atoms with van der Waals surface area (Å²) in [5.41, 5.74) is 11.3. The molecule has 2 aromatic carbocycles. The van der Waals surface area contributed by atoms with Gasteiger partial charge in [-0.05, 0) is 53.8 Å². The Balaban J connectivity index is 1.52. The van der Waals surface area contributed by atoms with Crippen LogP contribution in [0.25, 0.3) is 27.3 Å². The van der Waals surface area contributed by atoms with E-state index in [1.54, 1.807) is 12.3 Å². The van der Waals surface area contributed by atoms with Crippen LogP contribution in [-0.4, -0.2) is 35.2 Å². The molecule has 2 aromatic heterocycles. The van der Waals surface area contributed by atoms with Crippen molar-refractivity contribution in [3.63, 3.8) is 0 Å². The molecule has 6 N–H and O–H groups in total. The van der Waals surface area contributed by atoms with E-state index in [-0.39, 0.29) is 25.1 Å². The van der Waals surface area contributed by atoms with Crippen molar-refractivity contribution in [3.05, 3.63) is 77.3 Å². The first-order valence-corrected chi connectivity index (χ1v) is 11.8. The molecule has 0 aliphatic rings. The first kappa shape index (κ1) is 23.9. The molecule has 0 saturated carbocycles. The molecule has 4 rings (SSSR count). The molecule has 0 bridgehead atoms. The Morgan fingerprint density at radius 1 is 1.11 bits per heavy atom. The lowest BCUT2D eigenvalue weighted by molar-refractivity contribution is -0.116. The van der Waals surface area contributed by atoms with E-state index < -0.39 is 0 Å². The Morgan fingerprint density at radius 2 is 1.89 bits per heavy atom. The number of aromatic nitrogens is 1. The van der Waals surface area contributed by atoms with Crippen molar-refractivity contribution < 1.29 is 14.7 Å². The fraction of sp³-hybridized carbons (Fsp3) is 0.115. The van der Waals surface area contributed by atoms with Crippen molar-refractivity contribution in [2.45, 2.75) is 6.92 Å². The zero-order valence-electron chi connectivity index (χ0n) is 19.0. The first-order chi connectivity index (χ1) is 16.9. The number of pyridine rings is 1. The molecule has 4 aromatic rings. The molecule has 0 aliphatic heterocycles. The third kappa shape index (κ3) is 5.84. The van der Waals surface area contributed by atoms with Crippen molar-refractivity contribution in [3.8, 4) is 11.1 Å². The summed E-state index contributed by atoms with van der Waals surface area (Å²) in [5.74, 6) is 0.105. The summed E-state index contributed by atoms with van der Waals surface area (Å²) in [6.45, 7) is 2.04. The minimum absolute atomic E-state index is 0.118. The van der Waals surface area contributed by atoms with Crippen LogP contribution in [0.2, 0.25) is 0 Å². The molecular weight excluding hydrogens is 462 g/mol. The maximum atomic E-state index is 12.3. The minimum Gasteiger partial charge on any atom is -0.395 e. The number of nitrogens with two attached hydrogens (primary N) is 1. The monoisotopic (exact) mass is 487 g/mol. The predicted molar refractivity (Wildman–Crippen MR) is 142 cm³/mol. The average molecular weight is 488 g/mol. The summed E-state index contributed by atoms with van der Waals surface area (Å²) in [6, 6.07) is 14.7. The van der Waals surface area contributed by atoms with Crippen molar-refractivity contribution in [1.29, 1.82) is 0 Å². The smallest absolute Gasteiger partial charge is 0.323 e. The van der Waals surface area contributed by atoms with Crippen LogP contribution in [-0.2, 0) is 4.79 Å². The highest BCUT2D eigenvalue weighted by molar-refractivity contribution is 7.18. The predicted octanol–water partition coefficient (Wildman–Crippen LogP) is 4.62. The number of nitrogens with zero attached hydrogens (tertiary/aromatic N) is 1. The maximum absolute atomic E-state index is 12.3. The van der Waals surface area contributed by atoms with Crippen LogP contribution < -0.4 is 21.7 Å². The number of aryl methyl sites for hydroxylation is 1. The molecule has 2 heterocycles. The number of amides is 3. The average Bonchev–Trinajstić information content (AvgIpc) is 3.29. The van der Waals surface area contributed by atoms with Gasteiger partial charge in [-0.3, -0.25) is 4.79 Å². The van der Waals surface area contributed by atoms with E-state index in [0.717, 1.165) is 38.0 Å². The van der Waals surface area contributed by atoms with Gasteiger partial charge in [-0.15, -0.1) is 11.3 Å². The molecule has 0 radical (unpaired) electrons. The number of carbonyl (C=O) groups is 2. The molecule has 8 nitrogen and oxygen atoms in total. The van der Waals surface area contributed by atoms with E-state index in [9.17, 15) is 9.59 Å². The van der Waals surface area contributed by atoms with E-state index >= 15 is 0 Å². The van der Waals surface area contributed by atoms with Gasteiger partial charge >= 0.3 is 6.03 Å². The molecule has 0 atom stereocenters. The second-order valence-corrected chi connectivity index (χ2v) is 8.71. The normalized spacial score (nSPS) is 11.0. The van der Waals surface area contributed by atoms with Gasteiger partial charge < -0.3 is 26.8 Å². The number of fused-ring (bicyclic) bond motifs is 1. The Kier molecular flexibility index (Phi) is 7.39. The summed E-state index contributed by atoms with van der Waals surface area (Å²) in [5, 5.41) is 19.9. The number of nitrogens with one attached hydrogen (secondary N) is 3. The van der Waals surface area contributed by atoms with Crippen LogP contribution in [0.15, 0.2) is 66.2 Å². The highest BCUT2D eigenvalue weighted by Crippen LogP contribution is 2.39. The third-order valence-corrected chi connectivity index (χ3v) is 6.24. The summed E-state index contributed by atoms with van der Waals surface area (Å²) in [7, 11) is 0. The topological polar surface area (TPSA) is 129 Å². The van der Waals surface area contributed by atoms with Gasteiger partial charge in [-0.25, -0.2) is 9.78 Å². The fourth-order valence-electron chi connectivity index (χ4n) is 3.57. The number of hydrogen-bond donors (Lipinski definition) is 5. The molecule has 3 amide bonds. The van der Waals surface area contributed by atoms with E-state index in [1.165, 1.54) is 17.4 Å². The lowest BCUT2D eigenvalue weighted by Gasteiger charge is -2.09. The largest absolute Gasteiger partial charge is 0.395 e. The molecule has 0 aliphatic carbocycles. The number of urea groups is 1. The summed E-state index contributed by atoms with van der Waals surface area (Å²) in [6.07, 6.45) is 4.72. The molecule has 0 fully saturated rings. The molecule has 0 saturated heterocycles. The zero-order chi connectivity index (χ0) is 24.8. The number of aliphatic hydroxyl groups is 1. The second-order valence-electron chi connectivity index (χ2n) is 7.83. The van der Waals surface area contributed by atoms with Crippen molar-refractivity contribution in [2.24, 2.45) is 0 Å². The highest BCUT2D eigenvalue weighted by Gasteiger charge is 2.13. The standard InChI is InChI=1S/C26H25N5O3S/c1-16-3-2-4-20(13-16)31-26(34)30-19-8-5-17(6-9-19)21-15-35-24-18(14-29-25(27)23(21)24)7-10-22(33)28-11-12-32/h2-10,13-15,32H,11-12H2,1H3,(H2,27,29)(H,28,33)(H2,30,31,34). The SMILES string of the molecule is Cc1cccc(NC(=O)Nc2ccc(-c3csc4c(C=CC(=O)NCCO)cnc(N)c34)cc2)c1. The Morgan fingerprint density at radius 3 is 2.63 bits per heavy atom. The number of aliphatic hydroxyl groups excluding tert-OH is 1. The lowest BCUT2D eigenvalue weighted by atomic mass is 10.0. The number of carbonyl (C=O) groups excluding carboxylic acids is 2. The lowest BCUT2D eigenvalue weighted by Crippen LogP contribution is -2.24. The van der Waals surface area contributed by atoms with Gasteiger partial charge in [-0.2, -0.15) is 0 Å². The van der Waals surface area contributed by atoms with Gasteiger partial charge in [0.25, 0.3) is 0 Å². The Bertz CT molecular complexity index is 1400. The quantitative estimate of drug-likeness (QED) is 0.243. The fourth-order valence-corrected chi connectivity index (χ4v) is 4.65. The molecule has 0 spiro atoms. The van der Waals surface area contributed by atoms with Gasteiger partial charge in [-0.1, -0.05) is 24.3 Å². The van der Waals surface area contributed by atoms with Crippen molar-refractivity contribution in [2.75, 3.05) is 29.5 Å². The zero-order valence-corrected chi connectivity index (χ0v) is 19.9. The van der Waals surface area contributed by atoms with E-state index in [4.69, 9.17) is 10.8 Å². The van der Waals surface area contributed by atoms with Crippen LogP contribution in [0.3, 0.4) is 0 Å². The minimum atomic E-state index is -0.322. The number of anilines is 3. The number of rotatable bonds is 7. The molecule has 0 unspecified atom stereocenters. The summed E-state index contributed by atoms with van der Waals surface area (Å²) in [4.78, 5) is 28.5. The van der Waals surface area contributed by atoms with Crippen LogP contribution in [0, 0.1) is 6.92 Å². The number of hydrogen-bond acceptors (Lipinski definition) is 6. The first-order valence-electron chi connectivity index (χ1n) is 10.9. The maximum Gasteiger partial charge on any atom is 0.323 e. The van der Waals surface area contributed by atoms with Gasteiger partial charge in [0.15, 0.2) is 0 Å². The molecule has 35 heavy (non-hydrogen) atoms. The summed E-state index contributed by atoms with van der Waals surface area (Å²) >= 11 is 1.51. The number of nitrogen functional groups attached to an aromatic ring is 1. The number of benzene rings is 2. The van der Waals surface area contributed by atoms with Gasteiger partial charge in [0, 0.05) is 51.4 Å². The Hall–Kier alpha value is -4.21. The van der Waals surface area contributed by atoms with Crippen LogP contribution in [0.5, 0.6) is 0 Å². The van der Waals surface area contributed by atoms with Crippen molar-refractivity contribution >= 4 is 56.6 Å². The molecular formula is C26H25N5O3S. The Labute approximate surface area is 206 Å². The van der Waals surface area contributed by atoms with Gasteiger partial charge in [0.1, 0.15) is 5.82 Å². The highest BCUT2D eigenvalue weighted by atomic mass is 32.1. The van der Waals surface area contributed by atoms with Gasteiger partial charge in [0.05, 0.1) is 6.61 Å².